The molecule has 0 bridgehead atoms. The van der Waals surface area contributed by atoms with Gasteiger partial charge in [0.2, 0.25) is 5.43 Å². The van der Waals surface area contributed by atoms with Crippen LogP contribution in [0.2, 0.25) is 0 Å². The number of aryl methyl sites for hydroxylation is 1. The van der Waals surface area contributed by atoms with Crippen LogP contribution in [-0.2, 0) is 6.54 Å². The van der Waals surface area contributed by atoms with Crippen molar-refractivity contribution in [2.24, 2.45) is 0 Å². The van der Waals surface area contributed by atoms with E-state index in [4.69, 9.17) is 16.6 Å². The number of thiocarbonyl (C=S) groups is 1. The maximum Gasteiger partial charge on any atom is 0.341 e. The average Bonchev–Trinajstić information content (AvgIpc) is 3.34. The fourth-order valence-electron chi connectivity index (χ4n) is 3.85. The van der Waals surface area contributed by atoms with E-state index in [1.54, 1.807) is 16.7 Å². The van der Waals surface area contributed by atoms with Crippen LogP contribution in [0.3, 0.4) is 0 Å². The predicted molar refractivity (Wildman–Crippen MR) is 123 cm³/mol. The van der Waals surface area contributed by atoms with Crippen LogP contribution in [0, 0.1) is 5.82 Å². The number of pyridine rings is 1. The molecule has 11 heteroatoms. The number of aromatic nitrogens is 1. The number of aromatic carboxylic acids is 1. The van der Waals surface area contributed by atoms with Crippen LogP contribution < -0.4 is 15.6 Å². The number of hydrogen-bond acceptors (Lipinski definition) is 6. The molecule has 3 aromatic rings. The lowest BCUT2D eigenvalue weighted by atomic mass is 10.1. The average molecular weight is 472 g/mol. The smallest absolute Gasteiger partial charge is 0.341 e. The first-order valence-electron chi connectivity index (χ1n) is 10.3. The topological polar surface area (TPSA) is 108 Å². The second kappa shape index (κ2) is 9.02. The van der Waals surface area contributed by atoms with E-state index in [9.17, 15) is 23.9 Å². The number of fused-ring (bicyclic) bond motifs is 1. The maximum atomic E-state index is 15.0. The third kappa shape index (κ3) is 4.31. The first-order chi connectivity index (χ1) is 15.8. The minimum Gasteiger partial charge on any atom is -0.477 e. The molecule has 0 aliphatic carbocycles. The van der Waals surface area contributed by atoms with Crippen molar-refractivity contribution in [3.8, 4) is 0 Å². The number of rotatable bonds is 4. The monoisotopic (exact) mass is 472 g/mol. The van der Waals surface area contributed by atoms with E-state index in [1.807, 2.05) is 16.7 Å². The number of hydrogen-bond donors (Lipinski definition) is 2. The van der Waals surface area contributed by atoms with Gasteiger partial charge in [-0.15, -0.1) is 0 Å². The Labute approximate surface area is 193 Å². The zero-order chi connectivity index (χ0) is 23.7. The molecule has 9 nitrogen and oxygen atoms in total. The van der Waals surface area contributed by atoms with Gasteiger partial charge in [-0.25, -0.2) is 9.18 Å². The minimum atomic E-state index is -1.35. The van der Waals surface area contributed by atoms with Crippen LogP contribution in [0.4, 0.5) is 10.1 Å². The van der Waals surface area contributed by atoms with Crippen molar-refractivity contribution in [3.05, 3.63) is 64.1 Å². The molecule has 172 valence electrons. The van der Waals surface area contributed by atoms with E-state index >= 15 is 0 Å². The van der Waals surface area contributed by atoms with E-state index in [-0.39, 0.29) is 16.3 Å². The van der Waals surface area contributed by atoms with Crippen molar-refractivity contribution in [2.45, 2.75) is 13.5 Å². The van der Waals surface area contributed by atoms with Crippen LogP contribution in [-0.4, -0.2) is 57.7 Å². The van der Waals surface area contributed by atoms with Crippen LogP contribution in [0.5, 0.6) is 0 Å². The summed E-state index contributed by atoms with van der Waals surface area (Å²) in [7, 11) is 0. The number of halogens is 1. The van der Waals surface area contributed by atoms with E-state index in [2.05, 4.69) is 5.32 Å². The molecule has 2 N–H and O–H groups in total. The standard InChI is InChI=1S/C22H21FN4O5S/c1-2-25-12-14(21(30)31)19(28)13-10-15(23)17(11-16(13)25)26-5-7-27(8-6-26)22(33)24-20(29)18-4-3-9-32-18/h3-4,9-12H,2,5-8H2,1H3,(H,30,31)(H,24,29,33). The summed E-state index contributed by atoms with van der Waals surface area (Å²) in [5.41, 5.74) is -0.324. The molecule has 3 heterocycles. The molecule has 0 radical (unpaired) electrons. The molecule has 1 saturated heterocycles. The number of anilines is 1. The molecule has 1 aliphatic heterocycles. The van der Waals surface area contributed by atoms with Gasteiger partial charge in [-0.3, -0.25) is 14.9 Å². The van der Waals surface area contributed by atoms with Gasteiger partial charge in [-0.2, -0.15) is 0 Å². The Morgan fingerprint density at radius 3 is 2.58 bits per heavy atom. The number of amides is 1. The van der Waals surface area contributed by atoms with Gasteiger partial charge in [0.15, 0.2) is 10.9 Å². The lowest BCUT2D eigenvalue weighted by molar-refractivity contribution is 0.0694. The van der Waals surface area contributed by atoms with Crippen molar-refractivity contribution < 1.29 is 23.5 Å². The summed E-state index contributed by atoms with van der Waals surface area (Å²) in [5.74, 6) is -2.24. The number of nitrogens with one attached hydrogen (secondary N) is 1. The van der Waals surface area contributed by atoms with E-state index in [1.165, 1.54) is 18.5 Å². The molecule has 0 saturated carbocycles. The maximum absolute atomic E-state index is 15.0. The highest BCUT2D eigenvalue weighted by molar-refractivity contribution is 7.80. The molecule has 4 rings (SSSR count). The van der Waals surface area contributed by atoms with Gasteiger partial charge >= 0.3 is 5.97 Å². The zero-order valence-corrected chi connectivity index (χ0v) is 18.5. The number of benzene rings is 1. The van der Waals surface area contributed by atoms with Crippen molar-refractivity contribution in [3.63, 3.8) is 0 Å². The summed E-state index contributed by atoms with van der Waals surface area (Å²) in [6.45, 7) is 4.00. The van der Waals surface area contributed by atoms with Crippen LogP contribution >= 0.6 is 12.2 Å². The van der Waals surface area contributed by atoms with Gasteiger partial charge in [0.25, 0.3) is 5.91 Å². The van der Waals surface area contributed by atoms with Gasteiger partial charge in [-0.1, -0.05) is 0 Å². The van der Waals surface area contributed by atoms with Crippen molar-refractivity contribution in [1.29, 1.82) is 0 Å². The second-order valence-electron chi connectivity index (χ2n) is 7.49. The lowest BCUT2D eigenvalue weighted by Crippen LogP contribution is -2.52. The van der Waals surface area contributed by atoms with Crippen molar-refractivity contribution in [1.82, 2.24) is 14.8 Å². The summed E-state index contributed by atoms with van der Waals surface area (Å²) < 4.78 is 21.7. The molecule has 0 spiro atoms. The number of carboxylic acids is 1. The Bertz CT molecular complexity index is 1300. The summed E-state index contributed by atoms with van der Waals surface area (Å²) in [6, 6.07) is 5.82. The zero-order valence-electron chi connectivity index (χ0n) is 17.7. The molecule has 0 atom stereocenters. The van der Waals surface area contributed by atoms with Crippen LogP contribution in [0.15, 0.2) is 45.9 Å². The third-order valence-electron chi connectivity index (χ3n) is 5.59. The lowest BCUT2D eigenvalue weighted by Gasteiger charge is -2.37. The highest BCUT2D eigenvalue weighted by Crippen LogP contribution is 2.26. The normalized spacial score (nSPS) is 13.9. The number of piperazine rings is 1. The third-order valence-corrected chi connectivity index (χ3v) is 5.95. The van der Waals surface area contributed by atoms with Crippen molar-refractivity contribution >= 4 is 45.8 Å². The number of furan rings is 1. The Morgan fingerprint density at radius 1 is 1.24 bits per heavy atom. The van der Waals surface area contributed by atoms with Gasteiger partial charge in [0, 0.05) is 44.3 Å². The Balaban J connectivity index is 1.53. The minimum absolute atomic E-state index is 0.0263. The number of carbonyl (C=O) groups excluding carboxylic acids is 1. The second-order valence-corrected chi connectivity index (χ2v) is 7.88. The first kappa shape index (κ1) is 22.5. The van der Waals surface area contributed by atoms with Gasteiger partial charge in [-0.05, 0) is 43.4 Å². The Morgan fingerprint density at radius 2 is 1.97 bits per heavy atom. The molecule has 1 aliphatic rings. The fraction of sp³-hybridized carbons (Fsp3) is 0.273. The SMILES string of the molecule is CCn1cc(C(=O)O)c(=O)c2cc(F)c(N3CCN(C(=S)NC(=O)c4ccco4)CC3)cc21. The number of carbonyl (C=O) groups is 2. The quantitative estimate of drug-likeness (QED) is 0.557. The van der Waals surface area contributed by atoms with Crippen LogP contribution in [0.1, 0.15) is 27.8 Å². The predicted octanol–water partition coefficient (Wildman–Crippen LogP) is 2.29. The highest BCUT2D eigenvalue weighted by atomic mass is 32.1. The van der Waals surface area contributed by atoms with Crippen molar-refractivity contribution in [2.75, 3.05) is 31.1 Å². The molecule has 33 heavy (non-hydrogen) atoms. The number of nitrogens with zero attached hydrogens (tertiary/aromatic N) is 3. The molecule has 0 unspecified atom stereocenters. The van der Waals surface area contributed by atoms with E-state index in [0.29, 0.717) is 43.9 Å². The van der Waals surface area contributed by atoms with Gasteiger partial charge in [0.1, 0.15) is 11.4 Å². The molecule has 1 aromatic carbocycles. The Hall–Kier alpha value is -3.73. The van der Waals surface area contributed by atoms with E-state index in [0.717, 1.165) is 6.07 Å². The summed E-state index contributed by atoms with van der Waals surface area (Å²) in [4.78, 5) is 39.7. The summed E-state index contributed by atoms with van der Waals surface area (Å²) >= 11 is 5.32. The van der Waals surface area contributed by atoms with Gasteiger partial charge in [0.05, 0.1) is 17.5 Å². The fourth-order valence-corrected chi connectivity index (χ4v) is 4.13. The Kier molecular flexibility index (Phi) is 6.14. The highest BCUT2D eigenvalue weighted by Gasteiger charge is 2.24. The summed E-state index contributed by atoms with van der Waals surface area (Å²) in [5, 5.41) is 12.2. The van der Waals surface area contributed by atoms with Crippen LogP contribution in [0.25, 0.3) is 10.9 Å². The molecular formula is C22H21FN4O5S. The largest absolute Gasteiger partial charge is 0.477 e. The molecule has 1 amide bonds. The number of carboxylic acid groups (broad SMARTS) is 1. The molecule has 2 aromatic heterocycles. The summed E-state index contributed by atoms with van der Waals surface area (Å²) in [6.07, 6.45) is 2.68. The van der Waals surface area contributed by atoms with Gasteiger partial charge < -0.3 is 23.9 Å². The van der Waals surface area contributed by atoms with E-state index < -0.39 is 28.7 Å². The first-order valence-corrected chi connectivity index (χ1v) is 10.7. The molecular weight excluding hydrogens is 451 g/mol. The molecule has 1 fully saturated rings.